The van der Waals surface area contributed by atoms with Crippen LogP contribution in [0.2, 0.25) is 0 Å². The molecule has 118 valence electrons. The maximum Gasteiger partial charge on any atom is 2.00 e. The Morgan fingerprint density at radius 3 is 1.16 bits per heavy atom. The SMILES string of the molecule is CC(=O)O.CCCS(CCC)(CCC)CCC.O.[H-].[H-].[Mg+2]. The Labute approximate surface area is 140 Å². The Hall–Kier alpha value is 0.546. The van der Waals surface area contributed by atoms with Crippen molar-refractivity contribution in [2.24, 2.45) is 0 Å². The maximum absolute atomic E-state index is 9.00. The number of hydrogen-bond acceptors (Lipinski definition) is 1. The van der Waals surface area contributed by atoms with Gasteiger partial charge in [-0.15, -0.1) is 0 Å². The first-order chi connectivity index (χ1) is 7.97. The van der Waals surface area contributed by atoms with Crippen LogP contribution in [0.4, 0.5) is 0 Å². The van der Waals surface area contributed by atoms with Gasteiger partial charge in [0, 0.05) is 6.92 Å². The third kappa shape index (κ3) is 18.5. The van der Waals surface area contributed by atoms with Crippen molar-refractivity contribution in [3.63, 3.8) is 0 Å². The van der Waals surface area contributed by atoms with E-state index in [9.17, 15) is 0 Å². The van der Waals surface area contributed by atoms with Crippen molar-refractivity contribution in [3.05, 3.63) is 0 Å². The zero-order chi connectivity index (χ0) is 13.7. The van der Waals surface area contributed by atoms with Gasteiger partial charge < -0.3 is 13.4 Å². The fraction of sp³-hybridized carbons (Fsp3) is 0.929. The summed E-state index contributed by atoms with van der Waals surface area (Å²) in [5.41, 5.74) is 0. The first-order valence-corrected chi connectivity index (χ1v) is 9.22. The number of hydrogen-bond donors (Lipinski definition) is 1. The molecule has 0 amide bonds. The Morgan fingerprint density at radius 1 is 0.895 bits per heavy atom. The summed E-state index contributed by atoms with van der Waals surface area (Å²) in [6.45, 7) is 10.5. The predicted molar refractivity (Wildman–Crippen MR) is 93.1 cm³/mol. The molecule has 0 bridgehead atoms. The molecular formula is C14H36MgO3S. The summed E-state index contributed by atoms with van der Waals surface area (Å²) in [6.07, 6.45) is 5.59. The van der Waals surface area contributed by atoms with Crippen LogP contribution < -0.4 is 0 Å². The monoisotopic (exact) mass is 308 g/mol. The van der Waals surface area contributed by atoms with Crippen LogP contribution in [0.5, 0.6) is 0 Å². The van der Waals surface area contributed by atoms with Crippen LogP contribution in [0.3, 0.4) is 0 Å². The molecule has 3 N–H and O–H groups in total. The van der Waals surface area contributed by atoms with Gasteiger partial charge >= 0.3 is 23.1 Å². The maximum atomic E-state index is 9.00. The van der Waals surface area contributed by atoms with Gasteiger partial charge in [-0.05, 0) is 48.7 Å². The molecule has 0 aromatic carbocycles. The number of carboxylic acids is 1. The molecule has 0 aliphatic heterocycles. The predicted octanol–water partition coefficient (Wildman–Crippen LogP) is 3.54. The van der Waals surface area contributed by atoms with E-state index in [2.05, 4.69) is 27.7 Å². The van der Waals surface area contributed by atoms with Crippen molar-refractivity contribution in [1.29, 1.82) is 0 Å². The third-order valence-corrected chi connectivity index (χ3v) is 7.65. The average Bonchev–Trinajstić information content (AvgIpc) is 2.18. The van der Waals surface area contributed by atoms with Crippen molar-refractivity contribution in [1.82, 2.24) is 0 Å². The fourth-order valence-electron chi connectivity index (χ4n) is 2.34. The summed E-state index contributed by atoms with van der Waals surface area (Å²) in [4.78, 5) is 9.00. The molecule has 0 saturated carbocycles. The Bertz CT molecular complexity index is 166. The summed E-state index contributed by atoms with van der Waals surface area (Å²) in [6, 6.07) is 0. The minimum atomic E-state index is -0.833. The molecule has 0 unspecified atom stereocenters. The van der Waals surface area contributed by atoms with Gasteiger partial charge in [0.25, 0.3) is 5.97 Å². The molecule has 3 nitrogen and oxygen atoms in total. The zero-order valence-corrected chi connectivity index (χ0v) is 15.9. The first-order valence-electron chi connectivity index (χ1n) is 6.91. The topological polar surface area (TPSA) is 68.8 Å². The molecule has 0 fully saturated rings. The van der Waals surface area contributed by atoms with E-state index in [1.807, 2.05) is 0 Å². The Balaban J connectivity index is -0.0000000629. The van der Waals surface area contributed by atoms with E-state index in [-0.39, 0.29) is 41.4 Å². The minimum Gasteiger partial charge on any atom is -1.00 e. The summed E-state index contributed by atoms with van der Waals surface area (Å²) < 4.78 is 0. The molecule has 0 rings (SSSR count). The number of carboxylic acid groups (broad SMARTS) is 1. The van der Waals surface area contributed by atoms with Crippen LogP contribution >= 0.6 is 10.0 Å². The normalized spacial score (nSPS) is 10.4. The second-order valence-corrected chi connectivity index (χ2v) is 8.64. The van der Waals surface area contributed by atoms with E-state index in [1.54, 1.807) is 0 Å². The van der Waals surface area contributed by atoms with Gasteiger partial charge in [0.05, 0.1) is 0 Å². The Morgan fingerprint density at radius 2 is 1.05 bits per heavy atom. The van der Waals surface area contributed by atoms with Gasteiger partial charge in [-0.3, -0.25) is 4.79 Å². The second-order valence-electron chi connectivity index (χ2n) is 4.56. The first kappa shape index (κ1) is 27.8. The van der Waals surface area contributed by atoms with Crippen LogP contribution in [-0.2, 0) is 4.79 Å². The van der Waals surface area contributed by atoms with Crippen molar-refractivity contribution < 1.29 is 18.2 Å². The van der Waals surface area contributed by atoms with E-state index in [4.69, 9.17) is 9.90 Å². The third-order valence-electron chi connectivity index (χ3n) is 2.55. The molecule has 0 saturated heterocycles. The second kappa shape index (κ2) is 18.5. The van der Waals surface area contributed by atoms with Gasteiger partial charge in [0.15, 0.2) is 0 Å². The van der Waals surface area contributed by atoms with Gasteiger partial charge in [0.1, 0.15) is 0 Å². The van der Waals surface area contributed by atoms with Crippen molar-refractivity contribution in [3.8, 4) is 0 Å². The van der Waals surface area contributed by atoms with E-state index >= 15 is 0 Å². The van der Waals surface area contributed by atoms with Crippen LogP contribution in [-0.4, -0.2) is 62.6 Å². The largest absolute Gasteiger partial charge is 2.00 e. The number of aliphatic carboxylic acids is 1. The van der Waals surface area contributed by atoms with Gasteiger partial charge in [-0.25, -0.2) is 10.0 Å². The Kier molecular flexibility index (Phi) is 27.2. The van der Waals surface area contributed by atoms with Crippen molar-refractivity contribution in [2.45, 2.75) is 60.3 Å². The van der Waals surface area contributed by atoms with Crippen LogP contribution in [0.25, 0.3) is 0 Å². The van der Waals surface area contributed by atoms with Gasteiger partial charge in [-0.1, -0.05) is 27.7 Å². The average molecular weight is 309 g/mol. The van der Waals surface area contributed by atoms with E-state index in [0.717, 1.165) is 6.92 Å². The molecule has 0 aromatic rings. The van der Waals surface area contributed by atoms with E-state index in [1.165, 1.54) is 48.7 Å². The van der Waals surface area contributed by atoms with Gasteiger partial charge in [-0.2, -0.15) is 0 Å². The summed E-state index contributed by atoms with van der Waals surface area (Å²) >= 11 is 0. The van der Waals surface area contributed by atoms with Crippen LogP contribution in [0.15, 0.2) is 0 Å². The molecule has 5 heteroatoms. The smallest absolute Gasteiger partial charge is 1.00 e. The number of rotatable bonds is 8. The molecule has 0 aliphatic carbocycles. The van der Waals surface area contributed by atoms with Crippen LogP contribution in [0.1, 0.15) is 63.2 Å². The standard InChI is InChI=1S/C12H28S.C2H4O2.Mg.H2O.2H/c1-5-9-13(10-6-2,11-7-3)12-8-4;1-2(3)4;;;;/h5-12H2,1-4H3;1H3,(H,3,4);;1H2;;/q;;+2;;2*-1. The molecule has 0 radical (unpaired) electrons. The van der Waals surface area contributed by atoms with E-state index < -0.39 is 5.97 Å². The summed E-state index contributed by atoms with van der Waals surface area (Å²) in [7, 11) is -0.197. The van der Waals surface area contributed by atoms with Crippen molar-refractivity contribution in [2.75, 3.05) is 23.0 Å². The molecule has 0 aliphatic rings. The molecule has 0 atom stereocenters. The zero-order valence-electron chi connectivity index (χ0n) is 15.6. The number of carbonyl (C=O) groups is 1. The molecule has 0 spiro atoms. The van der Waals surface area contributed by atoms with Crippen LogP contribution in [0, 0.1) is 0 Å². The van der Waals surface area contributed by atoms with Crippen molar-refractivity contribution >= 4 is 39.1 Å². The quantitative estimate of drug-likeness (QED) is 0.697. The van der Waals surface area contributed by atoms with E-state index in [0.29, 0.717) is 0 Å². The molecule has 19 heavy (non-hydrogen) atoms. The molecule has 0 heterocycles. The summed E-state index contributed by atoms with van der Waals surface area (Å²) in [5, 5.41) is 7.42. The summed E-state index contributed by atoms with van der Waals surface area (Å²) in [5.74, 6) is 5.29. The fourth-order valence-corrected chi connectivity index (χ4v) is 7.03. The van der Waals surface area contributed by atoms with Gasteiger partial charge in [0.2, 0.25) is 0 Å². The minimum absolute atomic E-state index is 0. The molecule has 0 aromatic heterocycles. The molecular weight excluding hydrogens is 273 g/mol.